The highest BCUT2D eigenvalue weighted by Crippen LogP contribution is 2.20. The fourth-order valence-electron chi connectivity index (χ4n) is 2.78. The summed E-state index contributed by atoms with van der Waals surface area (Å²) >= 11 is 0. The molecule has 1 N–H and O–H groups in total. The van der Waals surface area contributed by atoms with Crippen molar-refractivity contribution >= 4 is 16.8 Å². The van der Waals surface area contributed by atoms with Crippen LogP contribution in [0.2, 0.25) is 0 Å². The number of rotatable bonds is 1. The molecule has 1 amide bonds. The van der Waals surface area contributed by atoms with Gasteiger partial charge in [0, 0.05) is 24.4 Å². The minimum absolute atomic E-state index is 0.214. The number of aromatic amines is 1. The number of benzene rings is 1. The van der Waals surface area contributed by atoms with Gasteiger partial charge in [0.2, 0.25) is 0 Å². The van der Waals surface area contributed by atoms with Gasteiger partial charge in [-0.15, -0.1) is 0 Å². The van der Waals surface area contributed by atoms with Crippen molar-refractivity contribution in [1.82, 2.24) is 19.9 Å². The number of pyridine rings is 1. The van der Waals surface area contributed by atoms with Crippen molar-refractivity contribution in [3.05, 3.63) is 59.3 Å². The molecule has 5 nitrogen and oxygen atoms in total. The van der Waals surface area contributed by atoms with E-state index in [1.165, 1.54) is 6.07 Å². The van der Waals surface area contributed by atoms with E-state index in [0.717, 1.165) is 23.5 Å². The summed E-state index contributed by atoms with van der Waals surface area (Å²) in [6, 6.07) is 5.18. The number of nitrogens with one attached hydrogen (secondary N) is 1. The lowest BCUT2D eigenvalue weighted by molar-refractivity contribution is 0.0726. The van der Waals surface area contributed by atoms with Gasteiger partial charge in [-0.25, -0.2) is 18.7 Å². The van der Waals surface area contributed by atoms with Gasteiger partial charge in [0.1, 0.15) is 5.69 Å². The average molecular weight is 314 g/mol. The fourth-order valence-corrected chi connectivity index (χ4v) is 2.78. The predicted octanol–water partition coefficient (Wildman–Crippen LogP) is 2.43. The van der Waals surface area contributed by atoms with Crippen LogP contribution >= 0.6 is 0 Å². The standard InChI is InChI=1S/C16H12F2N4O/c17-10-5-9-1-2-13(21-14(9)6-11(10)18)16(23)22-4-3-12-15(7-22)20-8-19-12/h1-2,5-6,8H,3-4,7H2,(H,19,20). The highest BCUT2D eigenvalue weighted by atomic mass is 19.2. The zero-order chi connectivity index (χ0) is 16.0. The van der Waals surface area contributed by atoms with E-state index < -0.39 is 11.6 Å². The first-order chi connectivity index (χ1) is 11.1. The number of imidazole rings is 1. The minimum Gasteiger partial charge on any atom is -0.347 e. The Hall–Kier alpha value is -2.83. The molecule has 116 valence electrons. The summed E-state index contributed by atoms with van der Waals surface area (Å²) < 4.78 is 26.6. The Balaban J connectivity index is 1.66. The maximum atomic E-state index is 13.3. The molecule has 0 bridgehead atoms. The lowest BCUT2D eigenvalue weighted by atomic mass is 10.1. The second kappa shape index (κ2) is 5.12. The zero-order valence-electron chi connectivity index (χ0n) is 12.0. The van der Waals surface area contributed by atoms with Crippen LogP contribution < -0.4 is 0 Å². The third-order valence-corrected chi connectivity index (χ3v) is 4.01. The number of halogens is 2. The molecule has 0 aliphatic carbocycles. The van der Waals surface area contributed by atoms with Gasteiger partial charge in [0.05, 0.1) is 29.8 Å². The van der Waals surface area contributed by atoms with Crippen molar-refractivity contribution in [2.24, 2.45) is 0 Å². The van der Waals surface area contributed by atoms with E-state index in [0.29, 0.717) is 24.9 Å². The smallest absolute Gasteiger partial charge is 0.272 e. The molecule has 0 spiro atoms. The summed E-state index contributed by atoms with van der Waals surface area (Å²) in [5, 5.41) is 0.454. The molecule has 3 aromatic rings. The lowest BCUT2D eigenvalue weighted by Crippen LogP contribution is -2.36. The maximum Gasteiger partial charge on any atom is 0.272 e. The fraction of sp³-hybridized carbons (Fsp3) is 0.188. The van der Waals surface area contributed by atoms with Crippen LogP contribution in [0, 0.1) is 11.6 Å². The van der Waals surface area contributed by atoms with Crippen molar-refractivity contribution in [1.29, 1.82) is 0 Å². The van der Waals surface area contributed by atoms with Gasteiger partial charge in [-0.05, 0) is 12.1 Å². The van der Waals surface area contributed by atoms with Crippen LogP contribution in [0.25, 0.3) is 10.9 Å². The lowest BCUT2D eigenvalue weighted by Gasteiger charge is -2.26. The van der Waals surface area contributed by atoms with Crippen LogP contribution in [0.3, 0.4) is 0 Å². The van der Waals surface area contributed by atoms with Gasteiger partial charge in [-0.1, -0.05) is 6.07 Å². The van der Waals surface area contributed by atoms with Crippen LogP contribution in [0.15, 0.2) is 30.6 Å². The molecule has 4 rings (SSSR count). The van der Waals surface area contributed by atoms with E-state index in [4.69, 9.17) is 0 Å². The molecule has 1 aliphatic rings. The number of fused-ring (bicyclic) bond motifs is 2. The maximum absolute atomic E-state index is 13.3. The summed E-state index contributed by atoms with van der Waals surface area (Å²) in [5.74, 6) is -2.15. The average Bonchev–Trinajstić information content (AvgIpc) is 3.02. The number of carbonyl (C=O) groups excluding carboxylic acids is 1. The first kappa shape index (κ1) is 13.8. The Kier molecular flexibility index (Phi) is 3.07. The van der Waals surface area contributed by atoms with Crippen LogP contribution in [0.1, 0.15) is 21.9 Å². The summed E-state index contributed by atoms with van der Waals surface area (Å²) in [6.45, 7) is 0.986. The monoisotopic (exact) mass is 314 g/mol. The van der Waals surface area contributed by atoms with E-state index >= 15 is 0 Å². The number of aromatic nitrogens is 3. The number of hydrogen-bond acceptors (Lipinski definition) is 3. The first-order valence-electron chi connectivity index (χ1n) is 7.18. The third-order valence-electron chi connectivity index (χ3n) is 4.01. The molecule has 1 aliphatic heterocycles. The van der Waals surface area contributed by atoms with E-state index in [9.17, 15) is 13.6 Å². The molecule has 0 saturated heterocycles. The van der Waals surface area contributed by atoms with Gasteiger partial charge >= 0.3 is 0 Å². The van der Waals surface area contributed by atoms with Gasteiger partial charge < -0.3 is 9.88 Å². The van der Waals surface area contributed by atoms with Crippen molar-refractivity contribution in [2.45, 2.75) is 13.0 Å². The van der Waals surface area contributed by atoms with E-state index in [1.54, 1.807) is 17.3 Å². The molecule has 2 aromatic heterocycles. The summed E-state index contributed by atoms with van der Waals surface area (Å²) in [4.78, 5) is 25.6. The molecule has 1 aromatic carbocycles. The highest BCUT2D eigenvalue weighted by Gasteiger charge is 2.24. The number of carbonyl (C=O) groups is 1. The summed E-state index contributed by atoms with van der Waals surface area (Å²) in [6.07, 6.45) is 2.29. The van der Waals surface area contributed by atoms with Crippen molar-refractivity contribution in [3.63, 3.8) is 0 Å². The largest absolute Gasteiger partial charge is 0.347 e. The Labute approximate surface area is 130 Å². The molecular weight excluding hydrogens is 302 g/mol. The second-order valence-electron chi connectivity index (χ2n) is 5.46. The highest BCUT2D eigenvalue weighted by molar-refractivity contribution is 5.95. The molecule has 0 radical (unpaired) electrons. The number of hydrogen-bond donors (Lipinski definition) is 1. The normalized spacial score (nSPS) is 14.1. The van der Waals surface area contributed by atoms with Gasteiger partial charge in [0.15, 0.2) is 11.6 Å². The Morgan fingerprint density at radius 1 is 1.22 bits per heavy atom. The van der Waals surface area contributed by atoms with Crippen molar-refractivity contribution in [3.8, 4) is 0 Å². The van der Waals surface area contributed by atoms with Crippen molar-refractivity contribution in [2.75, 3.05) is 6.54 Å². The van der Waals surface area contributed by atoms with Crippen molar-refractivity contribution < 1.29 is 13.6 Å². The Morgan fingerprint density at radius 3 is 2.91 bits per heavy atom. The molecule has 0 saturated carbocycles. The molecule has 23 heavy (non-hydrogen) atoms. The SMILES string of the molecule is O=C(c1ccc2cc(F)c(F)cc2n1)N1CCc2nc[nH]c2C1. The quantitative estimate of drug-likeness (QED) is 0.750. The summed E-state index contributed by atoms with van der Waals surface area (Å²) in [5.41, 5.74) is 2.36. The number of H-pyrrole nitrogens is 1. The third kappa shape index (κ3) is 2.34. The Morgan fingerprint density at radius 2 is 2.04 bits per heavy atom. The number of nitrogens with zero attached hydrogens (tertiary/aromatic N) is 3. The van der Waals surface area contributed by atoms with Crippen LogP contribution in [-0.4, -0.2) is 32.3 Å². The van der Waals surface area contributed by atoms with Gasteiger partial charge in [-0.2, -0.15) is 0 Å². The second-order valence-corrected chi connectivity index (χ2v) is 5.46. The predicted molar refractivity (Wildman–Crippen MR) is 78.7 cm³/mol. The van der Waals surface area contributed by atoms with E-state index in [1.807, 2.05) is 0 Å². The van der Waals surface area contributed by atoms with Crippen LogP contribution in [-0.2, 0) is 13.0 Å². The Bertz CT molecular complexity index is 922. The van der Waals surface area contributed by atoms with Crippen LogP contribution in [0.4, 0.5) is 8.78 Å². The zero-order valence-corrected chi connectivity index (χ0v) is 12.0. The number of amides is 1. The topological polar surface area (TPSA) is 61.9 Å². The van der Waals surface area contributed by atoms with E-state index in [-0.39, 0.29) is 17.1 Å². The molecule has 0 fully saturated rings. The first-order valence-corrected chi connectivity index (χ1v) is 7.18. The molecule has 3 heterocycles. The minimum atomic E-state index is -0.977. The molecule has 0 atom stereocenters. The van der Waals surface area contributed by atoms with Crippen LogP contribution in [0.5, 0.6) is 0 Å². The van der Waals surface area contributed by atoms with Gasteiger partial charge in [-0.3, -0.25) is 4.79 Å². The molecule has 0 unspecified atom stereocenters. The van der Waals surface area contributed by atoms with Gasteiger partial charge in [0.25, 0.3) is 5.91 Å². The molecule has 7 heteroatoms. The van der Waals surface area contributed by atoms with E-state index in [2.05, 4.69) is 15.0 Å². The molecular formula is C16H12F2N4O. The summed E-state index contributed by atoms with van der Waals surface area (Å²) in [7, 11) is 0.